The Morgan fingerprint density at radius 1 is 1.43 bits per heavy atom. The lowest BCUT2D eigenvalue weighted by molar-refractivity contribution is 0.0947. The standard InChI is InChI=1S/C11H9NO2/c12-7-8-5-6-14-10-4-2-1-3-9(10)11(8)13/h1-4,8H,5-6H2. The summed E-state index contributed by atoms with van der Waals surface area (Å²) in [4.78, 5) is 11.8. The van der Waals surface area contributed by atoms with Gasteiger partial charge in [0.1, 0.15) is 11.7 Å². The quantitative estimate of drug-likeness (QED) is 0.622. The number of nitrogens with zero attached hydrogens (tertiary/aromatic N) is 1. The van der Waals surface area contributed by atoms with Crippen LogP contribution < -0.4 is 4.74 Å². The number of fused-ring (bicyclic) bond motifs is 1. The fourth-order valence-electron chi connectivity index (χ4n) is 1.52. The number of hydrogen-bond acceptors (Lipinski definition) is 3. The summed E-state index contributed by atoms with van der Waals surface area (Å²) in [6, 6.07) is 9.06. The van der Waals surface area contributed by atoms with Gasteiger partial charge in [0.2, 0.25) is 0 Å². The highest BCUT2D eigenvalue weighted by atomic mass is 16.5. The summed E-state index contributed by atoms with van der Waals surface area (Å²) >= 11 is 0. The maximum atomic E-state index is 11.8. The first-order valence-corrected chi connectivity index (χ1v) is 4.48. The number of rotatable bonds is 0. The zero-order valence-corrected chi connectivity index (χ0v) is 7.56. The Kier molecular flexibility index (Phi) is 2.19. The number of ketones is 1. The second-order valence-corrected chi connectivity index (χ2v) is 3.18. The molecule has 1 aromatic rings. The lowest BCUT2D eigenvalue weighted by atomic mass is 9.97. The van der Waals surface area contributed by atoms with Crippen LogP contribution in [-0.2, 0) is 0 Å². The molecule has 0 fully saturated rings. The lowest BCUT2D eigenvalue weighted by Crippen LogP contribution is -2.11. The Balaban J connectivity index is 2.46. The van der Waals surface area contributed by atoms with Crippen LogP contribution in [-0.4, -0.2) is 12.4 Å². The van der Waals surface area contributed by atoms with E-state index in [1.807, 2.05) is 12.1 Å². The van der Waals surface area contributed by atoms with Crippen molar-refractivity contribution in [3.8, 4) is 11.8 Å². The number of ether oxygens (including phenoxy) is 1. The summed E-state index contributed by atoms with van der Waals surface area (Å²) in [5, 5.41) is 8.79. The molecule has 0 aromatic heterocycles. The molecular weight excluding hydrogens is 178 g/mol. The van der Waals surface area contributed by atoms with Crippen LogP contribution >= 0.6 is 0 Å². The van der Waals surface area contributed by atoms with E-state index in [1.54, 1.807) is 18.2 Å². The molecule has 1 heterocycles. The van der Waals surface area contributed by atoms with Crippen molar-refractivity contribution in [2.75, 3.05) is 6.61 Å². The van der Waals surface area contributed by atoms with Crippen LogP contribution in [0.1, 0.15) is 16.8 Å². The smallest absolute Gasteiger partial charge is 0.183 e. The molecule has 14 heavy (non-hydrogen) atoms. The van der Waals surface area contributed by atoms with Gasteiger partial charge in [-0.15, -0.1) is 0 Å². The van der Waals surface area contributed by atoms with Gasteiger partial charge in [0.15, 0.2) is 5.78 Å². The molecule has 2 rings (SSSR count). The van der Waals surface area contributed by atoms with Gasteiger partial charge in [-0.1, -0.05) is 12.1 Å². The van der Waals surface area contributed by atoms with Gasteiger partial charge in [0, 0.05) is 6.42 Å². The maximum Gasteiger partial charge on any atom is 0.183 e. The molecule has 1 atom stereocenters. The number of hydrogen-bond donors (Lipinski definition) is 0. The van der Waals surface area contributed by atoms with Crippen molar-refractivity contribution in [1.82, 2.24) is 0 Å². The molecule has 0 aliphatic carbocycles. The molecule has 0 amide bonds. The first-order valence-electron chi connectivity index (χ1n) is 4.48. The molecule has 70 valence electrons. The summed E-state index contributed by atoms with van der Waals surface area (Å²) in [5.41, 5.74) is 0.525. The topological polar surface area (TPSA) is 50.1 Å². The number of para-hydroxylation sites is 1. The Labute approximate surface area is 81.9 Å². The maximum absolute atomic E-state index is 11.8. The van der Waals surface area contributed by atoms with Crippen molar-refractivity contribution in [3.05, 3.63) is 29.8 Å². The molecule has 0 spiro atoms. The SMILES string of the molecule is N#CC1CCOc2ccccc2C1=O. The Morgan fingerprint density at radius 2 is 2.21 bits per heavy atom. The molecular formula is C11H9NO2. The van der Waals surface area contributed by atoms with Crippen molar-refractivity contribution >= 4 is 5.78 Å². The van der Waals surface area contributed by atoms with Crippen LogP contribution in [0.4, 0.5) is 0 Å². The second kappa shape index (κ2) is 3.51. The van der Waals surface area contributed by atoms with Crippen LogP contribution in [0.15, 0.2) is 24.3 Å². The molecule has 0 saturated heterocycles. The van der Waals surface area contributed by atoms with Crippen LogP contribution in [0.5, 0.6) is 5.75 Å². The summed E-state index contributed by atoms with van der Waals surface area (Å²) < 4.78 is 5.38. The molecule has 0 bridgehead atoms. The van der Waals surface area contributed by atoms with Crippen molar-refractivity contribution in [2.24, 2.45) is 5.92 Å². The Hall–Kier alpha value is -1.82. The molecule has 3 nitrogen and oxygen atoms in total. The molecule has 3 heteroatoms. The third-order valence-electron chi connectivity index (χ3n) is 2.29. The van der Waals surface area contributed by atoms with E-state index in [0.717, 1.165) is 0 Å². The van der Waals surface area contributed by atoms with Crippen molar-refractivity contribution < 1.29 is 9.53 Å². The number of nitriles is 1. The minimum absolute atomic E-state index is 0.124. The van der Waals surface area contributed by atoms with Gasteiger partial charge < -0.3 is 4.74 Å². The highest BCUT2D eigenvalue weighted by molar-refractivity contribution is 6.01. The van der Waals surface area contributed by atoms with Crippen molar-refractivity contribution in [3.63, 3.8) is 0 Å². The zero-order chi connectivity index (χ0) is 9.97. The molecule has 1 aromatic carbocycles. The van der Waals surface area contributed by atoms with Crippen LogP contribution in [0.3, 0.4) is 0 Å². The van der Waals surface area contributed by atoms with Gasteiger partial charge in [-0.2, -0.15) is 5.26 Å². The largest absolute Gasteiger partial charge is 0.493 e. The number of carbonyl (C=O) groups is 1. The first kappa shape index (κ1) is 8.76. The molecule has 0 saturated carbocycles. The van der Waals surface area contributed by atoms with Crippen molar-refractivity contribution in [1.29, 1.82) is 5.26 Å². The average molecular weight is 187 g/mol. The lowest BCUT2D eigenvalue weighted by Gasteiger charge is -2.03. The third kappa shape index (κ3) is 1.35. The van der Waals surface area contributed by atoms with E-state index in [2.05, 4.69) is 0 Å². The number of benzene rings is 1. The minimum Gasteiger partial charge on any atom is -0.493 e. The summed E-state index contributed by atoms with van der Waals surface area (Å²) in [5.74, 6) is -0.0884. The number of Topliss-reactive ketones (excluding diaryl/α,β-unsaturated/α-hetero) is 1. The molecule has 1 aliphatic heterocycles. The average Bonchev–Trinajstić information content (AvgIpc) is 2.39. The van der Waals surface area contributed by atoms with E-state index >= 15 is 0 Å². The Morgan fingerprint density at radius 3 is 3.00 bits per heavy atom. The first-order chi connectivity index (χ1) is 6.83. The fourth-order valence-corrected chi connectivity index (χ4v) is 1.52. The Bertz CT molecular complexity index is 406. The van der Waals surface area contributed by atoms with Gasteiger partial charge in [0.05, 0.1) is 18.2 Å². The molecule has 0 radical (unpaired) electrons. The molecule has 0 N–H and O–H groups in total. The highest BCUT2D eigenvalue weighted by Gasteiger charge is 2.25. The molecule has 1 aliphatic rings. The van der Waals surface area contributed by atoms with E-state index in [1.165, 1.54) is 0 Å². The summed E-state index contributed by atoms with van der Waals surface area (Å²) in [7, 11) is 0. The molecule has 1 unspecified atom stereocenters. The van der Waals surface area contributed by atoms with Gasteiger partial charge >= 0.3 is 0 Å². The van der Waals surface area contributed by atoms with Gasteiger partial charge in [0.25, 0.3) is 0 Å². The predicted molar refractivity (Wildman–Crippen MR) is 50.0 cm³/mol. The van der Waals surface area contributed by atoms with Crippen LogP contribution in [0.2, 0.25) is 0 Å². The van der Waals surface area contributed by atoms with Crippen LogP contribution in [0, 0.1) is 17.2 Å². The van der Waals surface area contributed by atoms with Gasteiger partial charge in [-0.3, -0.25) is 4.79 Å². The van der Waals surface area contributed by atoms with Crippen molar-refractivity contribution in [2.45, 2.75) is 6.42 Å². The van der Waals surface area contributed by atoms with Gasteiger partial charge in [-0.25, -0.2) is 0 Å². The third-order valence-corrected chi connectivity index (χ3v) is 2.29. The van der Waals surface area contributed by atoms with Gasteiger partial charge in [-0.05, 0) is 12.1 Å². The van der Waals surface area contributed by atoms with E-state index < -0.39 is 5.92 Å². The second-order valence-electron chi connectivity index (χ2n) is 3.18. The van der Waals surface area contributed by atoms with E-state index in [-0.39, 0.29) is 5.78 Å². The monoisotopic (exact) mass is 187 g/mol. The summed E-state index contributed by atoms with van der Waals surface area (Å²) in [6.45, 7) is 0.432. The van der Waals surface area contributed by atoms with E-state index in [0.29, 0.717) is 24.3 Å². The van der Waals surface area contributed by atoms with Crippen LogP contribution in [0.25, 0.3) is 0 Å². The van der Waals surface area contributed by atoms with E-state index in [9.17, 15) is 4.79 Å². The summed E-state index contributed by atoms with van der Waals surface area (Å²) in [6.07, 6.45) is 0.476. The minimum atomic E-state index is -0.557. The van der Waals surface area contributed by atoms with E-state index in [4.69, 9.17) is 10.00 Å². The number of carbonyl (C=O) groups excluding carboxylic acids is 1. The normalized spacial score (nSPS) is 20.2. The highest BCUT2D eigenvalue weighted by Crippen LogP contribution is 2.25. The fraction of sp³-hybridized carbons (Fsp3) is 0.273. The zero-order valence-electron chi connectivity index (χ0n) is 7.56. The predicted octanol–water partition coefficient (Wildman–Crippen LogP) is 1.79.